The van der Waals surface area contributed by atoms with Gasteiger partial charge in [-0.2, -0.15) is 4.98 Å². The van der Waals surface area contributed by atoms with Gasteiger partial charge >= 0.3 is 5.69 Å². The van der Waals surface area contributed by atoms with Crippen LogP contribution in [-0.2, 0) is 0 Å². The molecule has 3 aromatic heterocycles. The van der Waals surface area contributed by atoms with E-state index in [1.165, 1.54) is 16.7 Å². The molecule has 0 saturated carbocycles. The van der Waals surface area contributed by atoms with Crippen molar-refractivity contribution in [3.63, 3.8) is 0 Å². The van der Waals surface area contributed by atoms with Gasteiger partial charge in [-0.3, -0.25) is 9.88 Å². The number of piperazine rings is 1. The third kappa shape index (κ3) is 5.37. The van der Waals surface area contributed by atoms with E-state index in [1.54, 1.807) is 30.5 Å². The summed E-state index contributed by atoms with van der Waals surface area (Å²) in [6.45, 7) is 18.5. The van der Waals surface area contributed by atoms with E-state index in [2.05, 4.69) is 28.0 Å². The molecule has 1 N–H and O–H groups in total. The summed E-state index contributed by atoms with van der Waals surface area (Å²) in [7, 11) is 0. The molecule has 0 spiro atoms. The van der Waals surface area contributed by atoms with Crippen LogP contribution in [0.3, 0.4) is 0 Å². The second-order valence-corrected chi connectivity index (χ2v) is 11.8. The Labute approximate surface area is 255 Å². The van der Waals surface area contributed by atoms with Crippen LogP contribution >= 0.6 is 11.6 Å². The Bertz CT molecular complexity index is 1780. The van der Waals surface area contributed by atoms with Gasteiger partial charge in [-0.15, -0.1) is 0 Å². The summed E-state index contributed by atoms with van der Waals surface area (Å²) in [5, 5.41) is 11.2. The van der Waals surface area contributed by atoms with Crippen molar-refractivity contribution in [2.45, 2.75) is 58.8 Å². The molecule has 1 unspecified atom stereocenters. The van der Waals surface area contributed by atoms with Crippen molar-refractivity contribution in [1.82, 2.24) is 24.4 Å². The van der Waals surface area contributed by atoms with Crippen LogP contribution in [0.2, 0.25) is 5.02 Å². The second kappa shape index (κ2) is 12.0. The Balaban J connectivity index is 1.87. The molecule has 10 heteroatoms. The van der Waals surface area contributed by atoms with Gasteiger partial charge in [0.05, 0.1) is 27.5 Å². The minimum Gasteiger partial charge on any atom is -0.375 e. The minimum atomic E-state index is -0.786. The largest absolute Gasteiger partial charge is 0.375 e. The number of aliphatic hydroxyl groups is 1. The molecule has 3 atom stereocenters. The molecule has 1 aliphatic rings. The molecule has 0 bridgehead atoms. The fourth-order valence-corrected chi connectivity index (χ4v) is 6.32. The number of rotatable bonds is 7. The zero-order valence-electron chi connectivity index (χ0n) is 25.1. The zero-order chi connectivity index (χ0) is 31.2. The molecular weight excluding hydrogens is 567 g/mol. The maximum atomic E-state index is 15.4. The molecule has 0 amide bonds. The first-order chi connectivity index (χ1) is 20.5. The number of nitrogens with zero attached hydrogens (tertiary/aromatic N) is 6. The highest BCUT2D eigenvalue weighted by Crippen LogP contribution is 2.38. The highest BCUT2D eigenvalue weighted by atomic mass is 35.5. The number of benzene rings is 1. The molecule has 0 radical (unpaired) electrons. The van der Waals surface area contributed by atoms with Crippen LogP contribution in [0.25, 0.3) is 34.1 Å². The summed E-state index contributed by atoms with van der Waals surface area (Å²) < 4.78 is 16.8. The summed E-state index contributed by atoms with van der Waals surface area (Å²) in [6, 6.07) is 7.97. The molecule has 224 valence electrons. The van der Waals surface area contributed by atoms with E-state index in [0.29, 0.717) is 46.9 Å². The highest BCUT2D eigenvalue weighted by molar-refractivity contribution is 6.34. The first kappa shape index (κ1) is 30.5. The SMILES string of the molecule is C=Cc1cccc(F)c1-c1nc2c(cc1Cl)c(N1[C@@H](C)CN(C(O)C=C)C[C@@H]1C)nc(=O)n2-c1c(C)ccnc1C(C)C. The maximum absolute atomic E-state index is 15.4. The van der Waals surface area contributed by atoms with Crippen molar-refractivity contribution < 1.29 is 9.50 Å². The van der Waals surface area contributed by atoms with Gasteiger partial charge in [0.25, 0.3) is 0 Å². The third-order valence-electron chi connectivity index (χ3n) is 8.01. The van der Waals surface area contributed by atoms with E-state index in [1.807, 2.05) is 45.6 Å². The number of aromatic nitrogens is 4. The number of aryl methyl sites for hydroxylation is 1. The van der Waals surface area contributed by atoms with Crippen LogP contribution in [-0.4, -0.2) is 60.9 Å². The molecule has 4 aromatic rings. The van der Waals surface area contributed by atoms with E-state index < -0.39 is 17.7 Å². The van der Waals surface area contributed by atoms with Crippen molar-refractivity contribution in [3.05, 3.63) is 93.9 Å². The van der Waals surface area contributed by atoms with E-state index in [4.69, 9.17) is 16.6 Å². The molecule has 43 heavy (non-hydrogen) atoms. The Morgan fingerprint density at radius 3 is 2.47 bits per heavy atom. The first-order valence-corrected chi connectivity index (χ1v) is 14.7. The Kier molecular flexibility index (Phi) is 8.51. The predicted octanol–water partition coefficient (Wildman–Crippen LogP) is 6.11. The molecule has 5 rings (SSSR count). The standard InChI is InChI=1S/C33H36ClFN6O2/c1-8-22-11-10-12-25(35)27(22)29-24(34)15-23-31(37-29)41(30-19(5)13-14-36-28(30)18(3)4)33(43)38-32(23)40-20(6)16-39(17-21(40)7)26(42)9-2/h8-15,18,20-21,26,42H,1-2,16-17H2,3-7H3/t20-,21-,26?/m0/s1. The average molecular weight is 603 g/mol. The Hall–Kier alpha value is -3.92. The fourth-order valence-electron chi connectivity index (χ4n) is 6.07. The molecule has 0 aliphatic carbocycles. The monoisotopic (exact) mass is 602 g/mol. The Morgan fingerprint density at radius 1 is 1.14 bits per heavy atom. The molecule has 4 heterocycles. The lowest BCUT2D eigenvalue weighted by atomic mass is 10.0. The third-order valence-corrected chi connectivity index (χ3v) is 8.29. The van der Waals surface area contributed by atoms with Crippen molar-refractivity contribution in [3.8, 4) is 16.9 Å². The predicted molar refractivity (Wildman–Crippen MR) is 171 cm³/mol. The minimum absolute atomic E-state index is 0.00774. The van der Waals surface area contributed by atoms with Gasteiger partial charge in [-0.05, 0) is 62.1 Å². The summed E-state index contributed by atoms with van der Waals surface area (Å²) in [5.41, 5.74) is 2.79. The van der Waals surface area contributed by atoms with Gasteiger partial charge in [0.15, 0.2) is 5.65 Å². The lowest BCUT2D eigenvalue weighted by Gasteiger charge is -2.46. The van der Waals surface area contributed by atoms with Crippen LogP contribution in [0.15, 0.2) is 60.6 Å². The molecular formula is C33H36ClFN6O2. The highest BCUT2D eigenvalue weighted by Gasteiger charge is 2.35. The van der Waals surface area contributed by atoms with E-state index >= 15 is 4.39 Å². The summed E-state index contributed by atoms with van der Waals surface area (Å²) in [5.74, 6) is -0.0874. The second-order valence-electron chi connectivity index (χ2n) is 11.4. The van der Waals surface area contributed by atoms with Crippen molar-refractivity contribution >= 4 is 34.5 Å². The van der Waals surface area contributed by atoms with Crippen LogP contribution in [0.4, 0.5) is 10.2 Å². The van der Waals surface area contributed by atoms with Gasteiger partial charge < -0.3 is 10.0 Å². The Morgan fingerprint density at radius 2 is 1.84 bits per heavy atom. The van der Waals surface area contributed by atoms with Gasteiger partial charge in [0.2, 0.25) is 0 Å². The quantitative estimate of drug-likeness (QED) is 0.255. The van der Waals surface area contributed by atoms with Gasteiger partial charge in [0, 0.05) is 36.9 Å². The van der Waals surface area contributed by atoms with Crippen molar-refractivity contribution in [2.24, 2.45) is 0 Å². The topological polar surface area (TPSA) is 87.4 Å². The van der Waals surface area contributed by atoms with Gasteiger partial charge in [0.1, 0.15) is 17.9 Å². The number of aliphatic hydroxyl groups excluding tert-OH is 1. The van der Waals surface area contributed by atoms with Crippen molar-refractivity contribution in [2.75, 3.05) is 18.0 Å². The van der Waals surface area contributed by atoms with E-state index in [-0.39, 0.29) is 34.3 Å². The number of hydrogen-bond donors (Lipinski definition) is 1. The lowest BCUT2D eigenvalue weighted by Crippen LogP contribution is -2.59. The molecule has 8 nitrogen and oxygen atoms in total. The molecule has 1 aromatic carbocycles. The maximum Gasteiger partial charge on any atom is 0.355 e. The fraction of sp³-hybridized carbons (Fsp3) is 0.333. The molecule has 1 fully saturated rings. The average Bonchev–Trinajstić information content (AvgIpc) is 2.96. The summed E-state index contributed by atoms with van der Waals surface area (Å²) >= 11 is 6.90. The molecule has 1 aliphatic heterocycles. The zero-order valence-corrected chi connectivity index (χ0v) is 25.8. The van der Waals surface area contributed by atoms with Gasteiger partial charge in [-0.25, -0.2) is 18.7 Å². The lowest BCUT2D eigenvalue weighted by molar-refractivity contribution is 0.0204. The number of hydrogen-bond acceptors (Lipinski definition) is 7. The van der Waals surface area contributed by atoms with E-state index in [9.17, 15) is 9.90 Å². The van der Waals surface area contributed by atoms with Crippen LogP contribution in [0.1, 0.15) is 50.4 Å². The van der Waals surface area contributed by atoms with Gasteiger partial charge in [-0.1, -0.05) is 56.8 Å². The number of fused-ring (bicyclic) bond motifs is 1. The smallest absolute Gasteiger partial charge is 0.355 e. The number of pyridine rings is 2. The summed E-state index contributed by atoms with van der Waals surface area (Å²) in [4.78, 5) is 32.3. The number of anilines is 1. The van der Waals surface area contributed by atoms with Crippen LogP contribution < -0.4 is 10.6 Å². The normalized spacial score (nSPS) is 18.3. The van der Waals surface area contributed by atoms with Crippen molar-refractivity contribution in [1.29, 1.82) is 0 Å². The van der Waals surface area contributed by atoms with Crippen LogP contribution in [0.5, 0.6) is 0 Å². The molecule has 1 saturated heterocycles. The summed E-state index contributed by atoms with van der Waals surface area (Å²) in [6.07, 6.45) is 3.98. The van der Waals surface area contributed by atoms with Crippen LogP contribution in [0, 0.1) is 12.7 Å². The van der Waals surface area contributed by atoms with E-state index in [0.717, 1.165) is 5.56 Å². The first-order valence-electron chi connectivity index (χ1n) is 14.3. The number of halogens is 2.